The minimum absolute atomic E-state index is 0.0246. The van der Waals surface area contributed by atoms with Gasteiger partial charge in [-0.25, -0.2) is 4.39 Å². The summed E-state index contributed by atoms with van der Waals surface area (Å²) in [7, 11) is 3.95. The Hall–Kier alpha value is -3.02. The smallest absolute Gasteiger partial charge is 0.318 e. The van der Waals surface area contributed by atoms with Gasteiger partial charge in [0.2, 0.25) is 0 Å². The normalized spacial score (nSPS) is 14.9. The van der Waals surface area contributed by atoms with Crippen molar-refractivity contribution in [1.29, 1.82) is 0 Å². The minimum atomic E-state index is -1.05. The zero-order valence-corrected chi connectivity index (χ0v) is 20.6. The summed E-state index contributed by atoms with van der Waals surface area (Å²) in [5, 5.41) is 11.4. The highest BCUT2D eigenvalue weighted by Gasteiger charge is 2.34. The average Bonchev–Trinajstić information content (AvgIpc) is 2.83. The molecule has 3 aromatic carbocycles. The fourth-order valence-corrected chi connectivity index (χ4v) is 4.36. The average molecular weight is 464 g/mol. The Morgan fingerprint density at radius 1 is 1.03 bits per heavy atom. The van der Waals surface area contributed by atoms with Crippen LogP contribution < -0.4 is 4.74 Å². The first kappa shape index (κ1) is 25.6. The third-order valence-electron chi connectivity index (χ3n) is 6.48. The van der Waals surface area contributed by atoms with E-state index in [0.717, 1.165) is 12.1 Å². The van der Waals surface area contributed by atoms with Gasteiger partial charge in [0, 0.05) is 18.0 Å². The maximum Gasteiger partial charge on any atom is 0.318 e. The van der Waals surface area contributed by atoms with Gasteiger partial charge in [0.05, 0.1) is 11.5 Å². The Morgan fingerprint density at radius 3 is 2.35 bits per heavy atom. The molecule has 3 aromatic rings. The van der Waals surface area contributed by atoms with Crippen molar-refractivity contribution in [3.8, 4) is 16.9 Å². The van der Waals surface area contributed by atoms with Gasteiger partial charge < -0.3 is 14.7 Å². The molecule has 0 aromatic heterocycles. The minimum Gasteiger partial charge on any atom is -0.426 e. The van der Waals surface area contributed by atoms with Crippen molar-refractivity contribution in [3.05, 3.63) is 89.7 Å². The molecule has 0 amide bonds. The molecular formula is C29H34FNO3. The van der Waals surface area contributed by atoms with Crippen LogP contribution in [0.3, 0.4) is 0 Å². The first-order chi connectivity index (χ1) is 16.2. The van der Waals surface area contributed by atoms with Crippen LogP contribution in [-0.4, -0.2) is 36.6 Å². The van der Waals surface area contributed by atoms with Gasteiger partial charge in [-0.3, -0.25) is 4.79 Å². The second kappa shape index (κ2) is 10.9. The van der Waals surface area contributed by atoms with Crippen LogP contribution in [0.5, 0.6) is 5.75 Å². The number of aliphatic hydroxyl groups is 1. The lowest BCUT2D eigenvalue weighted by molar-refractivity contribution is -0.135. The molecular weight excluding hydrogens is 429 g/mol. The van der Waals surface area contributed by atoms with Gasteiger partial charge in [0.1, 0.15) is 11.6 Å². The zero-order chi connectivity index (χ0) is 24.9. The van der Waals surface area contributed by atoms with Crippen molar-refractivity contribution < 1.29 is 19.0 Å². The van der Waals surface area contributed by atoms with Crippen LogP contribution in [0, 0.1) is 11.7 Å². The van der Waals surface area contributed by atoms with Gasteiger partial charge >= 0.3 is 5.97 Å². The number of hydrogen-bond donors (Lipinski definition) is 1. The molecule has 180 valence electrons. The van der Waals surface area contributed by atoms with Crippen molar-refractivity contribution >= 4 is 5.97 Å². The summed E-state index contributed by atoms with van der Waals surface area (Å²) < 4.78 is 20.4. The van der Waals surface area contributed by atoms with Crippen molar-refractivity contribution in [2.45, 2.75) is 38.7 Å². The molecule has 4 nitrogen and oxygen atoms in total. The van der Waals surface area contributed by atoms with E-state index in [4.69, 9.17) is 4.74 Å². The standard InChI is InChI=1S/C29H34FNO3/c1-6-29(33,20(2)19-31(4)5)24-13-10-14-25(18-24)34-28(32)21(3)23-15-16-26(27(30)17-23)22-11-8-7-9-12-22/h7-18,20-21,33H,6,19H2,1-5H3/t20?,21?,29-/m1/s1. The zero-order valence-electron chi connectivity index (χ0n) is 20.6. The highest BCUT2D eigenvalue weighted by molar-refractivity contribution is 5.80. The van der Waals surface area contributed by atoms with E-state index in [1.807, 2.05) is 69.2 Å². The molecule has 5 heteroatoms. The predicted octanol–water partition coefficient (Wildman–Crippen LogP) is 6.00. The number of hydrogen-bond acceptors (Lipinski definition) is 4. The maximum absolute atomic E-state index is 14.8. The maximum atomic E-state index is 14.8. The second-order valence-corrected chi connectivity index (χ2v) is 9.22. The van der Waals surface area contributed by atoms with Gasteiger partial charge in [-0.15, -0.1) is 0 Å². The van der Waals surface area contributed by atoms with E-state index in [0.29, 0.717) is 28.9 Å². The molecule has 0 spiro atoms. The summed E-state index contributed by atoms with van der Waals surface area (Å²) in [6.45, 7) is 6.37. The number of esters is 1. The highest BCUT2D eigenvalue weighted by Crippen LogP contribution is 2.35. The SMILES string of the molecule is CC[C@](O)(c1cccc(OC(=O)C(C)c2ccc(-c3ccccc3)c(F)c2)c1)C(C)CN(C)C. The molecule has 0 bridgehead atoms. The van der Waals surface area contributed by atoms with Crippen LogP contribution in [0.1, 0.15) is 44.2 Å². The fourth-order valence-electron chi connectivity index (χ4n) is 4.36. The molecule has 1 N–H and O–H groups in total. The van der Waals surface area contributed by atoms with E-state index in [-0.39, 0.29) is 11.7 Å². The number of nitrogens with zero attached hydrogens (tertiary/aromatic N) is 1. The molecule has 0 fully saturated rings. The summed E-state index contributed by atoms with van der Waals surface area (Å²) in [5.74, 6) is -1.18. The third-order valence-corrected chi connectivity index (χ3v) is 6.48. The second-order valence-electron chi connectivity index (χ2n) is 9.22. The largest absolute Gasteiger partial charge is 0.426 e. The van der Waals surface area contributed by atoms with Crippen LogP contribution in [-0.2, 0) is 10.4 Å². The summed E-state index contributed by atoms with van der Waals surface area (Å²) in [6, 6.07) is 21.2. The Morgan fingerprint density at radius 2 is 1.74 bits per heavy atom. The lowest BCUT2D eigenvalue weighted by atomic mass is 9.80. The lowest BCUT2D eigenvalue weighted by Gasteiger charge is -2.35. The molecule has 0 aliphatic heterocycles. The Bertz CT molecular complexity index is 1120. The molecule has 0 saturated heterocycles. The van der Waals surface area contributed by atoms with Gasteiger partial charge in [0.25, 0.3) is 0 Å². The molecule has 0 aliphatic carbocycles. The molecule has 2 unspecified atom stereocenters. The van der Waals surface area contributed by atoms with Gasteiger partial charge in [-0.2, -0.15) is 0 Å². The predicted molar refractivity (Wildman–Crippen MR) is 134 cm³/mol. The number of ether oxygens (including phenoxy) is 1. The number of rotatable bonds is 9. The van der Waals surface area contributed by atoms with E-state index >= 15 is 0 Å². The van der Waals surface area contributed by atoms with Crippen molar-refractivity contribution in [2.24, 2.45) is 5.92 Å². The van der Waals surface area contributed by atoms with E-state index in [9.17, 15) is 14.3 Å². The molecule has 3 rings (SSSR count). The van der Waals surface area contributed by atoms with E-state index in [1.165, 1.54) is 6.07 Å². The van der Waals surface area contributed by atoms with E-state index in [2.05, 4.69) is 0 Å². The molecule has 34 heavy (non-hydrogen) atoms. The van der Waals surface area contributed by atoms with Crippen molar-refractivity contribution in [2.75, 3.05) is 20.6 Å². The number of halogens is 1. The van der Waals surface area contributed by atoms with Crippen LogP contribution in [0.2, 0.25) is 0 Å². The monoisotopic (exact) mass is 463 g/mol. The van der Waals surface area contributed by atoms with Crippen molar-refractivity contribution in [3.63, 3.8) is 0 Å². The Labute approximate surface area is 202 Å². The molecule has 0 saturated carbocycles. The van der Waals surface area contributed by atoms with Crippen LogP contribution in [0.25, 0.3) is 11.1 Å². The Kier molecular flexibility index (Phi) is 8.24. The Balaban J connectivity index is 1.77. The van der Waals surface area contributed by atoms with E-state index in [1.54, 1.807) is 37.3 Å². The van der Waals surface area contributed by atoms with Crippen molar-refractivity contribution in [1.82, 2.24) is 4.90 Å². The molecule has 0 radical (unpaired) electrons. The molecule has 0 heterocycles. The van der Waals surface area contributed by atoms with Crippen LogP contribution in [0.15, 0.2) is 72.8 Å². The molecule has 0 aliphatic rings. The highest BCUT2D eigenvalue weighted by atomic mass is 19.1. The fraction of sp³-hybridized carbons (Fsp3) is 0.345. The summed E-state index contributed by atoms with van der Waals surface area (Å²) >= 11 is 0. The summed E-state index contributed by atoms with van der Waals surface area (Å²) in [5.41, 5.74) is 1.48. The van der Waals surface area contributed by atoms with Crippen LogP contribution in [0.4, 0.5) is 4.39 Å². The number of carbonyl (C=O) groups is 1. The quantitative estimate of drug-likeness (QED) is 0.312. The topological polar surface area (TPSA) is 49.8 Å². The van der Waals surface area contributed by atoms with Gasteiger partial charge in [-0.05, 0) is 62.3 Å². The van der Waals surface area contributed by atoms with E-state index < -0.39 is 17.5 Å². The summed E-state index contributed by atoms with van der Waals surface area (Å²) in [6.07, 6.45) is 0.531. The lowest BCUT2D eigenvalue weighted by Crippen LogP contribution is -2.38. The number of benzene rings is 3. The molecule has 3 atom stereocenters. The summed E-state index contributed by atoms with van der Waals surface area (Å²) in [4.78, 5) is 14.9. The first-order valence-corrected chi connectivity index (χ1v) is 11.7. The van der Waals surface area contributed by atoms with Crippen LogP contribution >= 0.6 is 0 Å². The number of carbonyl (C=O) groups excluding carboxylic acids is 1. The third kappa shape index (κ3) is 5.72. The first-order valence-electron chi connectivity index (χ1n) is 11.7. The van der Waals surface area contributed by atoms with Gasteiger partial charge in [-0.1, -0.05) is 68.4 Å². The van der Waals surface area contributed by atoms with Gasteiger partial charge in [0.15, 0.2) is 0 Å².